The maximum absolute atomic E-state index is 14.3. The van der Waals surface area contributed by atoms with Gasteiger partial charge in [-0.1, -0.05) is 16.8 Å². The molecule has 0 atom stereocenters. The Morgan fingerprint density at radius 3 is 2.75 bits per heavy atom. The van der Waals surface area contributed by atoms with Gasteiger partial charge in [-0.2, -0.15) is 4.98 Å². The molecule has 0 aliphatic carbocycles. The maximum atomic E-state index is 14.3. The Morgan fingerprint density at radius 2 is 2.10 bits per heavy atom. The van der Waals surface area contributed by atoms with Gasteiger partial charge in [0.1, 0.15) is 16.5 Å². The number of aromatic nitrogens is 3. The van der Waals surface area contributed by atoms with Crippen molar-refractivity contribution in [3.8, 4) is 11.5 Å². The topological polar surface area (TPSA) is 51.8 Å². The van der Waals surface area contributed by atoms with Crippen molar-refractivity contribution in [3.05, 3.63) is 40.1 Å². The molecular formula is C14H11ClFN3O. The van der Waals surface area contributed by atoms with Gasteiger partial charge in [0.25, 0.3) is 5.89 Å². The Bertz CT molecular complexity index is 924. The molecule has 2 aromatic heterocycles. The van der Waals surface area contributed by atoms with E-state index < -0.39 is 12.7 Å². The first-order valence-corrected chi connectivity index (χ1v) is 6.17. The summed E-state index contributed by atoms with van der Waals surface area (Å²) in [5.41, 5.74) is 0.776. The molecule has 0 spiro atoms. The van der Waals surface area contributed by atoms with Crippen molar-refractivity contribution >= 4 is 22.5 Å². The lowest BCUT2D eigenvalue weighted by molar-refractivity contribution is 0.425. The number of benzene rings is 1. The lowest BCUT2D eigenvalue weighted by atomic mass is 10.0. The zero-order valence-electron chi connectivity index (χ0n) is 13.7. The Hall–Kier alpha value is -2.01. The van der Waals surface area contributed by atoms with E-state index in [0.29, 0.717) is 22.3 Å². The molecule has 3 rings (SSSR count). The van der Waals surface area contributed by atoms with Crippen molar-refractivity contribution in [2.24, 2.45) is 0 Å². The molecule has 0 aliphatic rings. The average molecular weight is 295 g/mol. The fourth-order valence-electron chi connectivity index (χ4n) is 2.09. The number of rotatable bonds is 1. The number of aryl methyl sites for hydroxylation is 3. The van der Waals surface area contributed by atoms with Gasteiger partial charge in [-0.15, -0.1) is 0 Å². The van der Waals surface area contributed by atoms with Crippen LogP contribution in [0.25, 0.3) is 22.4 Å². The van der Waals surface area contributed by atoms with Gasteiger partial charge in [0.2, 0.25) is 0 Å². The Kier molecular flexibility index (Phi) is 2.22. The molecule has 0 radical (unpaired) electrons. The molecule has 2 heterocycles. The lowest BCUT2D eigenvalue weighted by Gasteiger charge is -2.09. The highest BCUT2D eigenvalue weighted by Gasteiger charge is 2.19. The first-order valence-electron chi connectivity index (χ1n) is 7.29. The molecule has 0 amide bonds. The molecule has 0 saturated carbocycles. The van der Waals surface area contributed by atoms with Crippen LogP contribution < -0.4 is 0 Å². The molecule has 0 saturated heterocycles. The van der Waals surface area contributed by atoms with Crippen LogP contribution in [0.2, 0.25) is 5.15 Å². The van der Waals surface area contributed by atoms with Crippen molar-refractivity contribution in [2.75, 3.05) is 0 Å². The van der Waals surface area contributed by atoms with Crippen molar-refractivity contribution < 1.29 is 13.0 Å². The molecule has 6 heteroatoms. The number of halogens is 2. The van der Waals surface area contributed by atoms with E-state index in [4.69, 9.17) is 20.2 Å². The maximum Gasteiger partial charge on any atom is 0.261 e. The normalized spacial score (nSPS) is 14.1. The summed E-state index contributed by atoms with van der Waals surface area (Å²) >= 11 is 6.14. The summed E-state index contributed by atoms with van der Waals surface area (Å²) in [5.74, 6) is -0.177. The largest absolute Gasteiger partial charge is 0.334 e. The summed E-state index contributed by atoms with van der Waals surface area (Å²) in [6.07, 6.45) is 0. The van der Waals surface area contributed by atoms with Crippen molar-refractivity contribution in [3.63, 3.8) is 0 Å². The first kappa shape index (κ1) is 9.83. The minimum absolute atomic E-state index is 0.000451. The van der Waals surface area contributed by atoms with Gasteiger partial charge in [-0.05, 0) is 44.0 Å². The van der Waals surface area contributed by atoms with E-state index in [-0.39, 0.29) is 22.1 Å². The number of hydrogen-bond acceptors (Lipinski definition) is 4. The summed E-state index contributed by atoms with van der Waals surface area (Å²) in [5, 5.41) is 4.05. The molecule has 0 unspecified atom stereocenters. The Labute approximate surface area is 123 Å². The third kappa shape index (κ3) is 1.94. The second kappa shape index (κ2) is 4.52. The van der Waals surface area contributed by atoms with Gasteiger partial charge < -0.3 is 4.52 Å². The van der Waals surface area contributed by atoms with E-state index in [9.17, 15) is 4.39 Å². The molecule has 102 valence electrons. The molecule has 4 nitrogen and oxygen atoms in total. The van der Waals surface area contributed by atoms with E-state index in [1.165, 1.54) is 6.07 Å². The van der Waals surface area contributed by atoms with Crippen LogP contribution >= 0.6 is 11.6 Å². The van der Waals surface area contributed by atoms with E-state index in [1.54, 1.807) is 13.8 Å². The van der Waals surface area contributed by atoms with Crippen LogP contribution in [0.15, 0.2) is 16.7 Å². The standard InChI is InChI=1S/C14H11ClFN3O/c1-6-4-9-7(2)11(14-17-8(3)19-20-14)13(15)18-12(9)10(16)5-6/h4-5H,1-3H3/i1D3. The summed E-state index contributed by atoms with van der Waals surface area (Å²) in [7, 11) is 0. The molecule has 3 aromatic rings. The zero-order valence-corrected chi connectivity index (χ0v) is 11.4. The van der Waals surface area contributed by atoms with Crippen LogP contribution in [0.3, 0.4) is 0 Å². The van der Waals surface area contributed by atoms with Crippen LogP contribution in [0.4, 0.5) is 4.39 Å². The van der Waals surface area contributed by atoms with E-state index >= 15 is 0 Å². The molecular weight excluding hydrogens is 281 g/mol. The third-order valence-electron chi connectivity index (χ3n) is 3.00. The van der Waals surface area contributed by atoms with Gasteiger partial charge in [0, 0.05) is 9.50 Å². The monoisotopic (exact) mass is 294 g/mol. The highest BCUT2D eigenvalue weighted by Crippen LogP contribution is 2.34. The lowest BCUT2D eigenvalue weighted by Crippen LogP contribution is -1.95. The Balaban J connectivity index is 2.36. The minimum Gasteiger partial charge on any atom is -0.334 e. The number of fused-ring (bicyclic) bond motifs is 1. The second-order valence-corrected chi connectivity index (χ2v) is 4.76. The highest BCUT2D eigenvalue weighted by atomic mass is 35.5. The number of hydrogen-bond donors (Lipinski definition) is 0. The first-order chi connectivity index (χ1) is 10.7. The fourth-order valence-corrected chi connectivity index (χ4v) is 2.40. The molecule has 1 aromatic carbocycles. The van der Waals surface area contributed by atoms with Gasteiger partial charge in [0.05, 0.1) is 5.56 Å². The third-order valence-corrected chi connectivity index (χ3v) is 3.27. The summed E-state index contributed by atoms with van der Waals surface area (Å²) in [4.78, 5) is 8.12. The smallest absolute Gasteiger partial charge is 0.261 e. The average Bonchev–Trinajstić information content (AvgIpc) is 2.85. The summed E-state index contributed by atoms with van der Waals surface area (Å²) in [6.45, 7) is 0.896. The van der Waals surface area contributed by atoms with E-state index in [0.717, 1.165) is 6.07 Å². The van der Waals surface area contributed by atoms with Crippen LogP contribution in [0, 0.1) is 26.5 Å². The van der Waals surface area contributed by atoms with Gasteiger partial charge in [0.15, 0.2) is 5.82 Å². The van der Waals surface area contributed by atoms with Crippen LogP contribution in [0.1, 0.15) is 21.1 Å². The predicted molar refractivity (Wildman–Crippen MR) is 74.2 cm³/mol. The highest BCUT2D eigenvalue weighted by molar-refractivity contribution is 6.32. The van der Waals surface area contributed by atoms with Crippen molar-refractivity contribution in [1.29, 1.82) is 0 Å². The molecule has 0 aliphatic heterocycles. The van der Waals surface area contributed by atoms with Gasteiger partial charge in [-0.3, -0.25) is 0 Å². The Morgan fingerprint density at radius 1 is 1.30 bits per heavy atom. The van der Waals surface area contributed by atoms with E-state index in [2.05, 4.69) is 15.1 Å². The quantitative estimate of drug-likeness (QED) is 0.637. The predicted octanol–water partition coefficient (Wildman–Crippen LogP) is 4.00. The summed E-state index contributed by atoms with van der Waals surface area (Å²) < 4.78 is 41.7. The minimum atomic E-state index is -2.43. The summed E-state index contributed by atoms with van der Waals surface area (Å²) in [6, 6.07) is 2.34. The molecule has 0 fully saturated rings. The van der Waals surface area contributed by atoms with Gasteiger partial charge in [-0.25, -0.2) is 9.37 Å². The SMILES string of the molecule is [2H]C([2H])([2H])c1cc(F)c2nc(Cl)c(-c3nc(C)no3)c(C)c2c1. The van der Waals surface area contributed by atoms with Crippen molar-refractivity contribution in [2.45, 2.75) is 20.7 Å². The second-order valence-electron chi connectivity index (χ2n) is 4.40. The van der Waals surface area contributed by atoms with E-state index in [1.807, 2.05) is 0 Å². The zero-order chi connectivity index (χ0) is 16.9. The molecule has 0 bridgehead atoms. The number of nitrogens with zero attached hydrogens (tertiary/aromatic N) is 3. The molecule has 0 N–H and O–H groups in total. The van der Waals surface area contributed by atoms with Crippen LogP contribution in [0.5, 0.6) is 0 Å². The fraction of sp³-hybridized carbons (Fsp3) is 0.214. The van der Waals surface area contributed by atoms with Gasteiger partial charge >= 0.3 is 0 Å². The van der Waals surface area contributed by atoms with Crippen LogP contribution in [-0.2, 0) is 0 Å². The number of pyridine rings is 1. The van der Waals surface area contributed by atoms with Crippen LogP contribution in [-0.4, -0.2) is 15.1 Å². The van der Waals surface area contributed by atoms with Crippen molar-refractivity contribution in [1.82, 2.24) is 15.1 Å². The molecule has 20 heavy (non-hydrogen) atoms.